The van der Waals surface area contributed by atoms with Crippen LogP contribution in [0, 0.1) is 10.5 Å². The number of hydrogen-bond donors (Lipinski definition) is 1. The van der Waals surface area contributed by atoms with Crippen molar-refractivity contribution >= 4 is 28.3 Å². The summed E-state index contributed by atoms with van der Waals surface area (Å²) in [5.74, 6) is 0. The van der Waals surface area contributed by atoms with E-state index in [4.69, 9.17) is 4.74 Å². The first-order valence-electron chi connectivity index (χ1n) is 6.24. The maximum atomic E-state index is 5.40. The molecule has 0 heterocycles. The molecule has 1 aliphatic carbocycles. The van der Waals surface area contributed by atoms with Crippen molar-refractivity contribution in [3.63, 3.8) is 0 Å². The van der Waals surface area contributed by atoms with Gasteiger partial charge in [0.2, 0.25) is 0 Å². The second kappa shape index (κ2) is 6.05. The highest BCUT2D eigenvalue weighted by Gasteiger charge is 2.20. The van der Waals surface area contributed by atoms with Crippen LogP contribution in [0.4, 0.5) is 5.69 Å². The van der Waals surface area contributed by atoms with Gasteiger partial charge in [-0.05, 0) is 72.9 Å². The van der Waals surface area contributed by atoms with E-state index in [1.807, 2.05) is 7.11 Å². The third-order valence-corrected chi connectivity index (χ3v) is 4.71. The topological polar surface area (TPSA) is 21.3 Å². The lowest BCUT2D eigenvalue weighted by Gasteiger charge is -2.29. The van der Waals surface area contributed by atoms with Crippen LogP contribution in [0.1, 0.15) is 31.2 Å². The average molecular weight is 345 g/mol. The van der Waals surface area contributed by atoms with Crippen LogP contribution in [0.15, 0.2) is 18.2 Å². The first kappa shape index (κ1) is 13.1. The van der Waals surface area contributed by atoms with Gasteiger partial charge in [0.15, 0.2) is 0 Å². The minimum atomic E-state index is 0.478. The molecule has 1 aromatic rings. The van der Waals surface area contributed by atoms with Gasteiger partial charge in [0.05, 0.1) is 6.10 Å². The SMILES string of the molecule is COC1CCC(Nc2ccc(C)c(I)c2)CC1. The van der Waals surface area contributed by atoms with Gasteiger partial charge >= 0.3 is 0 Å². The van der Waals surface area contributed by atoms with Crippen LogP contribution >= 0.6 is 22.6 Å². The number of aryl methyl sites for hydroxylation is 1. The molecule has 1 saturated carbocycles. The zero-order valence-electron chi connectivity index (χ0n) is 10.5. The monoisotopic (exact) mass is 345 g/mol. The first-order valence-corrected chi connectivity index (χ1v) is 7.32. The van der Waals surface area contributed by atoms with Gasteiger partial charge in [-0.15, -0.1) is 0 Å². The van der Waals surface area contributed by atoms with Crippen molar-refractivity contribution in [3.05, 3.63) is 27.3 Å². The summed E-state index contributed by atoms with van der Waals surface area (Å²) in [6.07, 6.45) is 5.26. The van der Waals surface area contributed by atoms with Gasteiger partial charge < -0.3 is 10.1 Å². The molecule has 1 aromatic carbocycles. The Balaban J connectivity index is 1.91. The second-order valence-corrected chi connectivity index (χ2v) is 5.98. The van der Waals surface area contributed by atoms with Crippen molar-refractivity contribution in [1.29, 1.82) is 0 Å². The Bertz CT molecular complexity index is 372. The number of methoxy groups -OCH3 is 1. The average Bonchev–Trinajstić information content (AvgIpc) is 2.35. The molecule has 0 aliphatic heterocycles. The Labute approximate surface area is 117 Å². The van der Waals surface area contributed by atoms with Gasteiger partial charge in [0, 0.05) is 22.4 Å². The van der Waals surface area contributed by atoms with E-state index < -0.39 is 0 Å². The van der Waals surface area contributed by atoms with Crippen molar-refractivity contribution in [2.75, 3.05) is 12.4 Å². The van der Waals surface area contributed by atoms with Crippen LogP contribution < -0.4 is 5.32 Å². The number of nitrogens with one attached hydrogen (secondary N) is 1. The summed E-state index contributed by atoms with van der Waals surface area (Å²) >= 11 is 2.39. The van der Waals surface area contributed by atoms with E-state index in [-0.39, 0.29) is 0 Å². The van der Waals surface area contributed by atoms with Crippen molar-refractivity contribution in [2.24, 2.45) is 0 Å². The predicted molar refractivity (Wildman–Crippen MR) is 80.6 cm³/mol. The summed E-state index contributed by atoms with van der Waals surface area (Å²) in [6.45, 7) is 2.15. The fourth-order valence-electron chi connectivity index (χ4n) is 2.36. The number of rotatable bonds is 3. The molecule has 0 bridgehead atoms. The fraction of sp³-hybridized carbons (Fsp3) is 0.571. The van der Waals surface area contributed by atoms with Crippen molar-refractivity contribution < 1.29 is 4.74 Å². The molecule has 17 heavy (non-hydrogen) atoms. The van der Waals surface area contributed by atoms with Gasteiger partial charge in [-0.2, -0.15) is 0 Å². The maximum absolute atomic E-state index is 5.40. The van der Waals surface area contributed by atoms with Gasteiger partial charge in [0.25, 0.3) is 0 Å². The molecule has 0 saturated heterocycles. The molecule has 0 spiro atoms. The van der Waals surface area contributed by atoms with E-state index in [2.05, 4.69) is 53.0 Å². The highest BCUT2D eigenvalue weighted by Crippen LogP contribution is 2.25. The zero-order chi connectivity index (χ0) is 12.3. The zero-order valence-corrected chi connectivity index (χ0v) is 12.7. The lowest BCUT2D eigenvalue weighted by Crippen LogP contribution is -2.29. The summed E-state index contributed by atoms with van der Waals surface area (Å²) in [5.41, 5.74) is 2.60. The molecule has 1 N–H and O–H groups in total. The van der Waals surface area contributed by atoms with Crippen LogP contribution in [0.3, 0.4) is 0 Å². The third-order valence-electron chi connectivity index (χ3n) is 3.55. The molecule has 1 fully saturated rings. The molecule has 0 atom stereocenters. The maximum Gasteiger partial charge on any atom is 0.0572 e. The normalized spacial score (nSPS) is 24.6. The van der Waals surface area contributed by atoms with Crippen LogP contribution in [0.25, 0.3) is 0 Å². The van der Waals surface area contributed by atoms with E-state index in [0.29, 0.717) is 12.1 Å². The van der Waals surface area contributed by atoms with E-state index in [9.17, 15) is 0 Å². The number of halogens is 1. The molecule has 1 aliphatic rings. The molecular formula is C14H20INO. The molecule has 2 rings (SSSR count). The minimum Gasteiger partial charge on any atom is -0.382 e. The van der Waals surface area contributed by atoms with Crippen molar-refractivity contribution in [1.82, 2.24) is 0 Å². The quantitative estimate of drug-likeness (QED) is 0.837. The van der Waals surface area contributed by atoms with E-state index in [1.54, 1.807) is 0 Å². The van der Waals surface area contributed by atoms with Crippen LogP contribution in [0.2, 0.25) is 0 Å². The molecule has 3 heteroatoms. The molecule has 0 radical (unpaired) electrons. The van der Waals surface area contributed by atoms with Crippen molar-refractivity contribution in [2.45, 2.75) is 44.8 Å². The standard InChI is InChI=1S/C14H20INO/c1-10-3-4-12(9-14(10)15)16-11-5-7-13(17-2)8-6-11/h3-4,9,11,13,16H,5-8H2,1-2H3. The molecular weight excluding hydrogens is 325 g/mol. The third kappa shape index (κ3) is 3.58. The Hall–Kier alpha value is -0.290. The van der Waals surface area contributed by atoms with Crippen molar-refractivity contribution in [3.8, 4) is 0 Å². The summed E-state index contributed by atoms with van der Waals surface area (Å²) in [5, 5.41) is 3.63. The minimum absolute atomic E-state index is 0.478. The van der Waals surface area contributed by atoms with Gasteiger partial charge in [0.1, 0.15) is 0 Å². The Morgan fingerprint density at radius 1 is 1.24 bits per heavy atom. The molecule has 0 amide bonds. The largest absolute Gasteiger partial charge is 0.382 e. The number of hydrogen-bond acceptors (Lipinski definition) is 2. The van der Waals surface area contributed by atoms with Gasteiger partial charge in [-0.3, -0.25) is 0 Å². The van der Waals surface area contributed by atoms with Crippen LogP contribution in [-0.2, 0) is 4.74 Å². The number of anilines is 1. The Kier molecular flexibility index (Phi) is 4.68. The smallest absolute Gasteiger partial charge is 0.0572 e. The Morgan fingerprint density at radius 2 is 1.94 bits per heavy atom. The number of benzene rings is 1. The van der Waals surface area contributed by atoms with Crippen LogP contribution in [-0.4, -0.2) is 19.3 Å². The summed E-state index contributed by atoms with van der Waals surface area (Å²) < 4.78 is 6.73. The van der Waals surface area contributed by atoms with E-state index in [1.165, 1.54) is 40.5 Å². The highest BCUT2D eigenvalue weighted by molar-refractivity contribution is 14.1. The molecule has 94 valence electrons. The molecule has 2 nitrogen and oxygen atoms in total. The second-order valence-electron chi connectivity index (χ2n) is 4.82. The highest BCUT2D eigenvalue weighted by atomic mass is 127. The summed E-state index contributed by atoms with van der Waals surface area (Å²) in [7, 11) is 1.82. The lowest BCUT2D eigenvalue weighted by molar-refractivity contribution is 0.0682. The fourth-order valence-corrected chi connectivity index (χ4v) is 2.88. The van der Waals surface area contributed by atoms with E-state index >= 15 is 0 Å². The first-order chi connectivity index (χ1) is 8.19. The number of ether oxygens (including phenoxy) is 1. The van der Waals surface area contributed by atoms with Crippen LogP contribution in [0.5, 0.6) is 0 Å². The summed E-state index contributed by atoms with van der Waals surface area (Å²) in [4.78, 5) is 0. The Morgan fingerprint density at radius 3 is 2.53 bits per heavy atom. The summed E-state index contributed by atoms with van der Waals surface area (Å²) in [6, 6.07) is 7.21. The van der Waals surface area contributed by atoms with Gasteiger partial charge in [-0.1, -0.05) is 6.07 Å². The van der Waals surface area contributed by atoms with Gasteiger partial charge in [-0.25, -0.2) is 0 Å². The predicted octanol–water partition coefficient (Wildman–Crippen LogP) is 3.97. The molecule has 0 aromatic heterocycles. The molecule has 0 unspecified atom stereocenters. The van der Waals surface area contributed by atoms with E-state index in [0.717, 1.165) is 0 Å². The lowest BCUT2D eigenvalue weighted by atomic mass is 9.93.